The Morgan fingerprint density at radius 1 is 0.903 bits per heavy atom. The summed E-state index contributed by atoms with van der Waals surface area (Å²) in [5, 5.41) is 10.00. The molecule has 7 nitrogen and oxygen atoms in total. The molecule has 0 bridgehead atoms. The number of hydrogen-bond acceptors (Lipinski definition) is 4. The van der Waals surface area contributed by atoms with Gasteiger partial charge in [-0.2, -0.15) is 5.10 Å². The average Bonchev–Trinajstić information content (AvgIpc) is 2.77. The fraction of sp³-hybridized carbons (Fsp3) is 0.0455. The Labute approximate surface area is 189 Å². The van der Waals surface area contributed by atoms with Crippen LogP contribution in [0.1, 0.15) is 15.9 Å². The van der Waals surface area contributed by atoms with Gasteiger partial charge < -0.3 is 15.4 Å². The normalized spacial score (nSPS) is 10.5. The van der Waals surface area contributed by atoms with E-state index in [0.29, 0.717) is 32.7 Å². The average molecular weight is 457 g/mol. The molecule has 3 aromatic carbocycles. The largest absolute Gasteiger partial charge is 0.496 e. The molecule has 31 heavy (non-hydrogen) atoms. The van der Waals surface area contributed by atoms with Crippen LogP contribution in [0.2, 0.25) is 10.0 Å². The van der Waals surface area contributed by atoms with E-state index in [1.165, 1.54) is 6.21 Å². The van der Waals surface area contributed by atoms with Crippen LogP contribution < -0.4 is 20.8 Å². The number of ether oxygens (including phenoxy) is 1. The molecule has 0 spiro atoms. The van der Waals surface area contributed by atoms with Crippen molar-refractivity contribution in [3.05, 3.63) is 87.9 Å². The molecule has 0 radical (unpaired) electrons. The number of carbonyl (C=O) groups is 2. The van der Waals surface area contributed by atoms with Crippen LogP contribution in [-0.4, -0.2) is 25.3 Å². The molecule has 3 aromatic rings. The molecule has 0 aliphatic rings. The van der Waals surface area contributed by atoms with Crippen molar-refractivity contribution in [1.29, 1.82) is 0 Å². The number of amides is 3. The summed E-state index contributed by atoms with van der Waals surface area (Å²) >= 11 is 11.8. The number of nitrogens with zero attached hydrogens (tertiary/aromatic N) is 1. The lowest BCUT2D eigenvalue weighted by Gasteiger charge is -2.09. The highest BCUT2D eigenvalue weighted by atomic mass is 35.5. The van der Waals surface area contributed by atoms with Crippen molar-refractivity contribution >= 4 is 52.7 Å². The second-order valence-corrected chi connectivity index (χ2v) is 7.04. The van der Waals surface area contributed by atoms with Crippen molar-refractivity contribution in [2.75, 3.05) is 17.7 Å². The SMILES string of the molecule is COc1ccccc1/C=N\NC(=O)c1ccc(NC(=O)Nc2ccc(Cl)c(Cl)c2)cc1. The Balaban J connectivity index is 1.55. The zero-order valence-corrected chi connectivity index (χ0v) is 17.9. The quantitative estimate of drug-likeness (QED) is 0.342. The molecule has 0 aromatic heterocycles. The van der Waals surface area contributed by atoms with Crippen LogP contribution >= 0.6 is 23.2 Å². The molecule has 0 saturated heterocycles. The maximum absolute atomic E-state index is 12.2. The standard InChI is InChI=1S/C22H18Cl2N4O3/c1-31-20-5-3-2-4-15(20)13-25-28-21(29)14-6-8-16(9-7-14)26-22(30)27-17-10-11-18(23)19(24)12-17/h2-13H,1H3,(H,28,29)(H2,26,27,30)/b25-13-. The van der Waals surface area contributed by atoms with Gasteiger partial charge >= 0.3 is 6.03 Å². The third-order valence-electron chi connectivity index (χ3n) is 4.09. The minimum Gasteiger partial charge on any atom is -0.496 e. The zero-order chi connectivity index (χ0) is 22.2. The molecule has 0 saturated carbocycles. The van der Waals surface area contributed by atoms with Gasteiger partial charge in [0, 0.05) is 22.5 Å². The van der Waals surface area contributed by atoms with E-state index < -0.39 is 11.9 Å². The number of hydrogen-bond donors (Lipinski definition) is 3. The summed E-state index contributed by atoms with van der Waals surface area (Å²) in [6, 6.07) is 18.0. The predicted octanol–water partition coefficient (Wildman–Crippen LogP) is 5.41. The number of anilines is 2. The number of para-hydroxylation sites is 1. The highest BCUT2D eigenvalue weighted by Gasteiger charge is 2.07. The zero-order valence-electron chi connectivity index (χ0n) is 16.4. The topological polar surface area (TPSA) is 91.8 Å². The first-order chi connectivity index (χ1) is 15.0. The number of urea groups is 1. The van der Waals surface area contributed by atoms with Crippen LogP contribution in [0.15, 0.2) is 71.8 Å². The minimum absolute atomic E-state index is 0.336. The lowest BCUT2D eigenvalue weighted by molar-refractivity contribution is 0.0955. The molecule has 0 unspecified atom stereocenters. The van der Waals surface area contributed by atoms with Crippen molar-refractivity contribution in [2.24, 2.45) is 5.10 Å². The number of rotatable bonds is 6. The first kappa shape index (κ1) is 22.1. The summed E-state index contributed by atoms with van der Waals surface area (Å²) in [4.78, 5) is 24.4. The summed E-state index contributed by atoms with van der Waals surface area (Å²) in [5.41, 5.74) is 4.57. The summed E-state index contributed by atoms with van der Waals surface area (Å²) in [7, 11) is 1.56. The lowest BCUT2D eigenvalue weighted by atomic mass is 10.2. The Hall–Kier alpha value is -3.55. The fourth-order valence-corrected chi connectivity index (χ4v) is 2.87. The molecule has 3 rings (SSSR count). The van der Waals surface area contributed by atoms with Crippen molar-refractivity contribution in [3.63, 3.8) is 0 Å². The smallest absolute Gasteiger partial charge is 0.323 e. The lowest BCUT2D eigenvalue weighted by Crippen LogP contribution is -2.20. The molecule has 158 valence electrons. The second kappa shape index (κ2) is 10.5. The monoisotopic (exact) mass is 456 g/mol. The molecule has 0 fully saturated rings. The van der Waals surface area contributed by atoms with Gasteiger partial charge in [0.15, 0.2) is 0 Å². The fourth-order valence-electron chi connectivity index (χ4n) is 2.57. The van der Waals surface area contributed by atoms with Crippen molar-refractivity contribution in [3.8, 4) is 5.75 Å². The molecule has 0 aliphatic heterocycles. The van der Waals surface area contributed by atoms with Gasteiger partial charge in [0.25, 0.3) is 5.91 Å². The van der Waals surface area contributed by atoms with Crippen LogP contribution in [0, 0.1) is 0 Å². The Kier molecular flexibility index (Phi) is 7.48. The first-order valence-corrected chi connectivity index (χ1v) is 9.81. The van der Waals surface area contributed by atoms with E-state index in [1.54, 1.807) is 55.6 Å². The third-order valence-corrected chi connectivity index (χ3v) is 4.83. The van der Waals surface area contributed by atoms with Crippen LogP contribution in [-0.2, 0) is 0 Å². The van der Waals surface area contributed by atoms with E-state index in [9.17, 15) is 9.59 Å². The highest BCUT2D eigenvalue weighted by Crippen LogP contribution is 2.25. The van der Waals surface area contributed by atoms with Gasteiger partial charge in [-0.25, -0.2) is 10.2 Å². The van der Waals surface area contributed by atoms with Crippen molar-refractivity contribution < 1.29 is 14.3 Å². The van der Waals surface area contributed by atoms with Gasteiger partial charge in [0.1, 0.15) is 5.75 Å². The van der Waals surface area contributed by atoms with Crippen molar-refractivity contribution in [2.45, 2.75) is 0 Å². The van der Waals surface area contributed by atoms with Gasteiger partial charge in [-0.3, -0.25) is 4.79 Å². The van der Waals surface area contributed by atoms with Crippen LogP contribution in [0.5, 0.6) is 5.75 Å². The molecule has 3 amide bonds. The number of methoxy groups -OCH3 is 1. The second-order valence-electron chi connectivity index (χ2n) is 6.23. The molecule has 0 atom stereocenters. The molecule has 0 aliphatic carbocycles. The van der Waals surface area contributed by atoms with E-state index >= 15 is 0 Å². The number of benzene rings is 3. The summed E-state index contributed by atoms with van der Waals surface area (Å²) in [6.45, 7) is 0. The maximum Gasteiger partial charge on any atom is 0.323 e. The molecule has 3 N–H and O–H groups in total. The Bertz CT molecular complexity index is 1120. The Morgan fingerprint density at radius 3 is 2.29 bits per heavy atom. The van der Waals surface area contributed by atoms with E-state index in [0.717, 1.165) is 5.56 Å². The van der Waals surface area contributed by atoms with E-state index in [1.807, 2.05) is 18.2 Å². The van der Waals surface area contributed by atoms with Gasteiger partial charge in [-0.1, -0.05) is 35.3 Å². The van der Waals surface area contributed by atoms with E-state index in [2.05, 4.69) is 21.2 Å². The number of halogens is 2. The first-order valence-electron chi connectivity index (χ1n) is 9.06. The van der Waals surface area contributed by atoms with E-state index in [-0.39, 0.29) is 0 Å². The summed E-state index contributed by atoms with van der Waals surface area (Å²) in [6.07, 6.45) is 1.50. The van der Waals surface area contributed by atoms with Crippen molar-refractivity contribution in [1.82, 2.24) is 5.43 Å². The molecular weight excluding hydrogens is 439 g/mol. The number of carbonyl (C=O) groups excluding carboxylic acids is 2. The highest BCUT2D eigenvalue weighted by molar-refractivity contribution is 6.42. The van der Waals surface area contributed by atoms with Gasteiger partial charge in [0.05, 0.1) is 23.4 Å². The summed E-state index contributed by atoms with van der Waals surface area (Å²) in [5.74, 6) is 0.257. The van der Waals surface area contributed by atoms with Gasteiger partial charge in [0.2, 0.25) is 0 Å². The van der Waals surface area contributed by atoms with E-state index in [4.69, 9.17) is 27.9 Å². The van der Waals surface area contributed by atoms with Crippen LogP contribution in [0.3, 0.4) is 0 Å². The van der Waals surface area contributed by atoms with Gasteiger partial charge in [-0.15, -0.1) is 0 Å². The number of hydrazone groups is 1. The molecule has 9 heteroatoms. The predicted molar refractivity (Wildman–Crippen MR) is 124 cm³/mol. The van der Waals surface area contributed by atoms with Crippen LogP contribution in [0.4, 0.5) is 16.2 Å². The summed E-state index contributed by atoms with van der Waals surface area (Å²) < 4.78 is 5.22. The maximum atomic E-state index is 12.2. The van der Waals surface area contributed by atoms with Gasteiger partial charge in [-0.05, 0) is 54.6 Å². The minimum atomic E-state index is -0.461. The molecular formula is C22H18Cl2N4O3. The Morgan fingerprint density at radius 2 is 1.58 bits per heavy atom. The van der Waals surface area contributed by atoms with Crippen LogP contribution in [0.25, 0.3) is 0 Å². The third kappa shape index (κ3) is 6.21. The molecule has 0 heterocycles. The number of nitrogens with one attached hydrogen (secondary N) is 3.